The normalized spacial score (nSPS) is 18.2. The zero-order valence-electron chi connectivity index (χ0n) is 10.4. The molecule has 0 aromatic heterocycles. The molecular formula is C12H21N3O. The van der Waals surface area contributed by atoms with Gasteiger partial charge in [0.15, 0.2) is 0 Å². The molecule has 0 saturated carbocycles. The summed E-state index contributed by atoms with van der Waals surface area (Å²) in [7, 11) is 1.81. The van der Waals surface area contributed by atoms with Crippen molar-refractivity contribution >= 4 is 5.91 Å². The van der Waals surface area contributed by atoms with Gasteiger partial charge in [0.25, 0.3) is 0 Å². The quantitative estimate of drug-likeness (QED) is 0.671. The van der Waals surface area contributed by atoms with Gasteiger partial charge in [-0.3, -0.25) is 9.69 Å². The summed E-state index contributed by atoms with van der Waals surface area (Å²) in [5, 5.41) is 3.04. The Balaban J connectivity index is 2.48. The van der Waals surface area contributed by atoms with Crippen LogP contribution >= 0.6 is 0 Å². The van der Waals surface area contributed by atoms with Crippen LogP contribution in [0.15, 0.2) is 0 Å². The van der Waals surface area contributed by atoms with E-state index in [1.165, 1.54) is 0 Å². The van der Waals surface area contributed by atoms with Crippen molar-refractivity contribution in [2.45, 2.75) is 19.4 Å². The first-order valence-electron chi connectivity index (χ1n) is 5.65. The predicted molar refractivity (Wildman–Crippen MR) is 65.0 cm³/mol. The Kier molecular flexibility index (Phi) is 4.34. The van der Waals surface area contributed by atoms with Crippen LogP contribution in [0.5, 0.6) is 0 Å². The Bertz CT molecular complexity index is 285. The molecule has 0 radical (unpaired) electrons. The summed E-state index contributed by atoms with van der Waals surface area (Å²) in [5.41, 5.74) is -0.478. The molecule has 4 nitrogen and oxygen atoms in total. The standard InChI is InChI=1S/C12H21N3O/c1-5-6-14-7-9-15(10-8-14)11(16)12(2,3)13-4/h1,13H,6-10H2,2-4H3. The van der Waals surface area contributed by atoms with E-state index in [0.717, 1.165) is 26.2 Å². The Labute approximate surface area is 98.0 Å². The Morgan fingerprint density at radius 2 is 1.94 bits per heavy atom. The Morgan fingerprint density at radius 1 is 1.38 bits per heavy atom. The largest absolute Gasteiger partial charge is 0.339 e. The van der Waals surface area contributed by atoms with Crippen LogP contribution in [-0.4, -0.2) is 61.0 Å². The maximum Gasteiger partial charge on any atom is 0.242 e. The van der Waals surface area contributed by atoms with E-state index >= 15 is 0 Å². The Morgan fingerprint density at radius 3 is 2.38 bits per heavy atom. The molecule has 0 spiro atoms. The fourth-order valence-electron chi connectivity index (χ4n) is 1.74. The second-order valence-electron chi connectivity index (χ2n) is 4.65. The molecule has 90 valence electrons. The fraction of sp³-hybridized carbons (Fsp3) is 0.750. The summed E-state index contributed by atoms with van der Waals surface area (Å²) in [4.78, 5) is 16.2. The van der Waals surface area contributed by atoms with Crippen LogP contribution in [0, 0.1) is 12.3 Å². The molecule has 0 aliphatic carbocycles. The van der Waals surface area contributed by atoms with Gasteiger partial charge >= 0.3 is 0 Å². The molecular weight excluding hydrogens is 202 g/mol. The van der Waals surface area contributed by atoms with Gasteiger partial charge in [0.05, 0.1) is 12.1 Å². The summed E-state index contributed by atoms with van der Waals surface area (Å²) in [6, 6.07) is 0. The maximum absolute atomic E-state index is 12.1. The highest BCUT2D eigenvalue weighted by atomic mass is 16.2. The number of hydrogen-bond donors (Lipinski definition) is 1. The number of hydrogen-bond acceptors (Lipinski definition) is 3. The first-order chi connectivity index (χ1) is 7.51. The average Bonchev–Trinajstić information content (AvgIpc) is 2.29. The summed E-state index contributed by atoms with van der Waals surface area (Å²) >= 11 is 0. The molecule has 1 saturated heterocycles. The van der Waals surface area contributed by atoms with Crippen molar-refractivity contribution in [2.24, 2.45) is 0 Å². The van der Waals surface area contributed by atoms with E-state index in [1.54, 1.807) is 0 Å². The monoisotopic (exact) mass is 223 g/mol. The van der Waals surface area contributed by atoms with Crippen LogP contribution in [0.4, 0.5) is 0 Å². The van der Waals surface area contributed by atoms with Crippen molar-refractivity contribution in [2.75, 3.05) is 39.8 Å². The molecule has 0 aromatic rings. The highest BCUT2D eigenvalue weighted by Crippen LogP contribution is 2.10. The third kappa shape index (κ3) is 2.97. The minimum atomic E-state index is -0.478. The van der Waals surface area contributed by atoms with Crippen LogP contribution < -0.4 is 5.32 Å². The zero-order valence-corrected chi connectivity index (χ0v) is 10.4. The number of likely N-dealkylation sites (N-methyl/N-ethyl adjacent to an activating group) is 1. The molecule has 0 aromatic carbocycles. The van der Waals surface area contributed by atoms with E-state index in [9.17, 15) is 4.79 Å². The number of carbonyl (C=O) groups excluding carboxylic acids is 1. The van der Waals surface area contributed by atoms with E-state index in [2.05, 4.69) is 16.1 Å². The zero-order chi connectivity index (χ0) is 12.2. The van der Waals surface area contributed by atoms with Gasteiger partial charge in [0.2, 0.25) is 5.91 Å². The van der Waals surface area contributed by atoms with E-state index in [1.807, 2.05) is 25.8 Å². The van der Waals surface area contributed by atoms with Crippen LogP contribution in [0.2, 0.25) is 0 Å². The molecule has 16 heavy (non-hydrogen) atoms. The molecule has 4 heteroatoms. The molecule has 1 N–H and O–H groups in total. The first kappa shape index (κ1) is 13.0. The van der Waals surface area contributed by atoms with Crippen LogP contribution in [0.25, 0.3) is 0 Å². The molecule has 1 rings (SSSR count). The van der Waals surface area contributed by atoms with E-state index in [0.29, 0.717) is 6.54 Å². The summed E-state index contributed by atoms with van der Waals surface area (Å²) in [6.07, 6.45) is 5.26. The Hall–Kier alpha value is -1.05. The van der Waals surface area contributed by atoms with Crippen molar-refractivity contribution in [3.05, 3.63) is 0 Å². The van der Waals surface area contributed by atoms with Crippen molar-refractivity contribution in [3.63, 3.8) is 0 Å². The molecule has 1 fully saturated rings. The van der Waals surface area contributed by atoms with Gasteiger partial charge in [0.1, 0.15) is 0 Å². The highest BCUT2D eigenvalue weighted by Gasteiger charge is 2.31. The van der Waals surface area contributed by atoms with Gasteiger partial charge in [-0.2, -0.15) is 0 Å². The summed E-state index contributed by atoms with van der Waals surface area (Å²) in [5.74, 6) is 2.80. The maximum atomic E-state index is 12.1. The van der Waals surface area contributed by atoms with E-state index in [4.69, 9.17) is 6.42 Å². The lowest BCUT2D eigenvalue weighted by Crippen LogP contribution is -2.57. The van der Waals surface area contributed by atoms with E-state index < -0.39 is 5.54 Å². The molecule has 1 heterocycles. The van der Waals surface area contributed by atoms with Gasteiger partial charge < -0.3 is 10.2 Å². The molecule has 0 bridgehead atoms. The van der Waals surface area contributed by atoms with Gasteiger partial charge in [-0.1, -0.05) is 5.92 Å². The lowest BCUT2D eigenvalue weighted by molar-refractivity contribution is -0.138. The number of amides is 1. The van der Waals surface area contributed by atoms with Crippen molar-refractivity contribution in [1.29, 1.82) is 0 Å². The van der Waals surface area contributed by atoms with Crippen molar-refractivity contribution < 1.29 is 4.79 Å². The number of nitrogens with one attached hydrogen (secondary N) is 1. The topological polar surface area (TPSA) is 35.6 Å². The highest BCUT2D eigenvalue weighted by molar-refractivity contribution is 5.85. The number of rotatable bonds is 3. The number of carbonyl (C=O) groups is 1. The van der Waals surface area contributed by atoms with Gasteiger partial charge in [-0.05, 0) is 20.9 Å². The summed E-state index contributed by atoms with van der Waals surface area (Å²) in [6.45, 7) is 7.77. The summed E-state index contributed by atoms with van der Waals surface area (Å²) < 4.78 is 0. The minimum absolute atomic E-state index is 0.162. The number of nitrogens with zero attached hydrogens (tertiary/aromatic N) is 2. The van der Waals surface area contributed by atoms with Crippen LogP contribution in [-0.2, 0) is 4.79 Å². The molecule has 1 aliphatic heterocycles. The van der Waals surface area contributed by atoms with E-state index in [-0.39, 0.29) is 5.91 Å². The lowest BCUT2D eigenvalue weighted by atomic mass is 10.0. The third-order valence-corrected chi connectivity index (χ3v) is 3.13. The van der Waals surface area contributed by atoms with Crippen molar-refractivity contribution in [3.8, 4) is 12.3 Å². The lowest BCUT2D eigenvalue weighted by Gasteiger charge is -2.37. The predicted octanol–water partition coefficient (Wildman–Crippen LogP) is -0.238. The van der Waals surface area contributed by atoms with Gasteiger partial charge in [0, 0.05) is 26.2 Å². The average molecular weight is 223 g/mol. The fourth-order valence-corrected chi connectivity index (χ4v) is 1.74. The molecule has 0 atom stereocenters. The molecule has 0 unspecified atom stereocenters. The number of terminal acetylenes is 1. The third-order valence-electron chi connectivity index (χ3n) is 3.13. The second kappa shape index (κ2) is 5.33. The minimum Gasteiger partial charge on any atom is -0.339 e. The van der Waals surface area contributed by atoms with Gasteiger partial charge in [-0.15, -0.1) is 6.42 Å². The first-order valence-corrected chi connectivity index (χ1v) is 5.65. The SMILES string of the molecule is C#CCN1CCN(C(=O)C(C)(C)NC)CC1. The smallest absolute Gasteiger partial charge is 0.242 e. The van der Waals surface area contributed by atoms with Crippen molar-refractivity contribution in [1.82, 2.24) is 15.1 Å². The molecule has 1 aliphatic rings. The molecule has 1 amide bonds. The van der Waals surface area contributed by atoms with Gasteiger partial charge in [-0.25, -0.2) is 0 Å². The second-order valence-corrected chi connectivity index (χ2v) is 4.65. The number of piperazine rings is 1. The van der Waals surface area contributed by atoms with Crippen LogP contribution in [0.1, 0.15) is 13.8 Å². The van der Waals surface area contributed by atoms with Crippen LogP contribution in [0.3, 0.4) is 0 Å².